The monoisotopic (exact) mass is 285 g/mol. The van der Waals surface area contributed by atoms with Gasteiger partial charge in [0.2, 0.25) is 0 Å². The molecule has 0 unspecified atom stereocenters. The minimum Gasteiger partial charge on any atom is -0.341 e. The van der Waals surface area contributed by atoms with Gasteiger partial charge in [-0.25, -0.2) is 0 Å². The minimum absolute atomic E-state index is 0.128. The van der Waals surface area contributed by atoms with Crippen LogP contribution in [-0.4, -0.2) is 12.5 Å². The van der Waals surface area contributed by atoms with E-state index in [4.69, 9.17) is 6.42 Å². The van der Waals surface area contributed by atoms with Crippen molar-refractivity contribution in [1.82, 2.24) is 5.32 Å². The fourth-order valence-corrected chi connectivity index (χ4v) is 1.41. The van der Waals surface area contributed by atoms with Gasteiger partial charge in [-0.1, -0.05) is 12.0 Å². The quantitative estimate of drug-likeness (QED) is 0.650. The average molecular weight is 285 g/mol. The molecule has 1 N–H and O–H groups in total. The van der Waals surface area contributed by atoms with Gasteiger partial charge in [0.15, 0.2) is 0 Å². The van der Waals surface area contributed by atoms with Gasteiger partial charge in [0.1, 0.15) is 0 Å². The van der Waals surface area contributed by atoms with Crippen LogP contribution in [0.4, 0.5) is 0 Å². The number of nitrogens with one attached hydrogen (secondary N) is 1. The van der Waals surface area contributed by atoms with Crippen LogP contribution in [0.2, 0.25) is 0 Å². The van der Waals surface area contributed by atoms with Crippen molar-refractivity contribution < 1.29 is 4.79 Å². The SMILES string of the molecule is C#CCNC(=O)c1cccc(I)c1. The van der Waals surface area contributed by atoms with Crippen molar-refractivity contribution in [3.63, 3.8) is 0 Å². The van der Waals surface area contributed by atoms with Crippen molar-refractivity contribution in [3.8, 4) is 12.3 Å². The molecule has 0 heterocycles. The van der Waals surface area contributed by atoms with Gasteiger partial charge in [0.25, 0.3) is 5.91 Å². The lowest BCUT2D eigenvalue weighted by atomic mass is 10.2. The highest BCUT2D eigenvalue weighted by molar-refractivity contribution is 14.1. The molecular formula is C10H8INO. The van der Waals surface area contributed by atoms with Crippen molar-refractivity contribution >= 4 is 28.5 Å². The molecule has 1 rings (SSSR count). The van der Waals surface area contributed by atoms with Crippen LogP contribution in [0.5, 0.6) is 0 Å². The summed E-state index contributed by atoms with van der Waals surface area (Å²) in [6.07, 6.45) is 5.02. The first-order valence-corrected chi connectivity index (χ1v) is 4.79. The van der Waals surface area contributed by atoms with Crippen LogP contribution in [-0.2, 0) is 0 Å². The van der Waals surface area contributed by atoms with E-state index in [1.165, 1.54) is 0 Å². The zero-order valence-corrected chi connectivity index (χ0v) is 9.04. The molecule has 0 aliphatic rings. The second kappa shape index (κ2) is 4.87. The highest BCUT2D eigenvalue weighted by atomic mass is 127. The van der Waals surface area contributed by atoms with Crippen molar-refractivity contribution in [2.24, 2.45) is 0 Å². The maximum Gasteiger partial charge on any atom is 0.252 e. The van der Waals surface area contributed by atoms with E-state index in [0.717, 1.165) is 3.57 Å². The Hall–Kier alpha value is -1.02. The molecule has 1 aromatic rings. The van der Waals surface area contributed by atoms with E-state index in [9.17, 15) is 4.79 Å². The Morgan fingerprint density at radius 1 is 1.62 bits per heavy atom. The first-order valence-electron chi connectivity index (χ1n) is 3.71. The minimum atomic E-state index is -0.128. The van der Waals surface area contributed by atoms with Gasteiger partial charge in [-0.15, -0.1) is 6.42 Å². The molecule has 0 bridgehead atoms. The normalized spacial score (nSPS) is 8.92. The van der Waals surface area contributed by atoms with Crippen LogP contribution in [0, 0.1) is 15.9 Å². The van der Waals surface area contributed by atoms with Crippen LogP contribution in [0.1, 0.15) is 10.4 Å². The van der Waals surface area contributed by atoms with Crippen molar-refractivity contribution in [1.29, 1.82) is 0 Å². The Kier molecular flexibility index (Phi) is 3.77. The van der Waals surface area contributed by atoms with Gasteiger partial charge in [-0.05, 0) is 40.8 Å². The first-order chi connectivity index (χ1) is 6.24. The molecule has 0 aromatic heterocycles. The van der Waals surface area contributed by atoms with Gasteiger partial charge in [-0.3, -0.25) is 4.79 Å². The molecule has 0 aliphatic heterocycles. The van der Waals surface area contributed by atoms with E-state index in [-0.39, 0.29) is 12.5 Å². The standard InChI is InChI=1S/C10H8INO/c1-2-6-12-10(13)8-4-3-5-9(11)7-8/h1,3-5,7H,6H2,(H,12,13). The molecule has 0 saturated heterocycles. The maximum absolute atomic E-state index is 11.3. The summed E-state index contributed by atoms with van der Waals surface area (Å²) in [6.45, 7) is 0.268. The average Bonchev–Trinajstić information content (AvgIpc) is 2.14. The third kappa shape index (κ3) is 3.07. The highest BCUT2D eigenvalue weighted by Crippen LogP contribution is 2.07. The summed E-state index contributed by atoms with van der Waals surface area (Å²) in [5.74, 6) is 2.22. The van der Waals surface area contributed by atoms with Crippen molar-refractivity contribution in [2.75, 3.05) is 6.54 Å². The molecule has 1 aromatic carbocycles. The predicted octanol–water partition coefficient (Wildman–Crippen LogP) is 1.65. The second-order valence-corrected chi connectivity index (χ2v) is 3.64. The molecule has 1 amide bonds. The summed E-state index contributed by atoms with van der Waals surface area (Å²) in [4.78, 5) is 11.3. The number of amides is 1. The molecule has 0 saturated carbocycles. The number of rotatable bonds is 2. The molecule has 0 spiro atoms. The van der Waals surface area contributed by atoms with Gasteiger partial charge < -0.3 is 5.32 Å². The van der Waals surface area contributed by atoms with E-state index >= 15 is 0 Å². The van der Waals surface area contributed by atoms with Crippen LogP contribution in [0.3, 0.4) is 0 Å². The number of carbonyl (C=O) groups excluding carboxylic acids is 1. The smallest absolute Gasteiger partial charge is 0.252 e. The Labute approximate surface area is 90.9 Å². The molecular weight excluding hydrogens is 277 g/mol. The van der Waals surface area contributed by atoms with Gasteiger partial charge in [-0.2, -0.15) is 0 Å². The lowest BCUT2D eigenvalue weighted by Gasteiger charge is -2.01. The number of carbonyl (C=O) groups is 1. The molecule has 2 nitrogen and oxygen atoms in total. The van der Waals surface area contributed by atoms with Gasteiger partial charge in [0.05, 0.1) is 6.54 Å². The second-order valence-electron chi connectivity index (χ2n) is 2.40. The van der Waals surface area contributed by atoms with Crippen LogP contribution < -0.4 is 5.32 Å². The molecule has 0 fully saturated rings. The molecule has 66 valence electrons. The Bertz CT molecular complexity index is 354. The summed E-state index contributed by atoms with van der Waals surface area (Å²) < 4.78 is 1.03. The van der Waals surface area contributed by atoms with Gasteiger partial charge in [0, 0.05) is 9.13 Å². The summed E-state index contributed by atoms with van der Waals surface area (Å²) in [5.41, 5.74) is 0.641. The molecule has 3 heteroatoms. The van der Waals surface area contributed by atoms with E-state index in [0.29, 0.717) is 5.56 Å². The Morgan fingerprint density at radius 2 is 2.38 bits per heavy atom. The van der Waals surface area contributed by atoms with E-state index in [1.807, 2.05) is 18.2 Å². The third-order valence-electron chi connectivity index (χ3n) is 1.44. The summed E-state index contributed by atoms with van der Waals surface area (Å²) in [5, 5.41) is 2.60. The van der Waals surface area contributed by atoms with Crippen LogP contribution >= 0.6 is 22.6 Å². The van der Waals surface area contributed by atoms with Crippen LogP contribution in [0.25, 0.3) is 0 Å². The fraction of sp³-hybridized carbons (Fsp3) is 0.100. The number of hydrogen-bond acceptors (Lipinski definition) is 1. The number of hydrogen-bond donors (Lipinski definition) is 1. The molecule has 0 atom stereocenters. The summed E-state index contributed by atoms with van der Waals surface area (Å²) >= 11 is 2.16. The number of halogens is 1. The topological polar surface area (TPSA) is 29.1 Å². The van der Waals surface area contributed by atoms with E-state index in [2.05, 4.69) is 33.8 Å². The van der Waals surface area contributed by atoms with Gasteiger partial charge >= 0.3 is 0 Å². The first kappa shape index (κ1) is 10.1. The summed E-state index contributed by atoms with van der Waals surface area (Å²) in [6, 6.07) is 7.34. The lowest BCUT2D eigenvalue weighted by Crippen LogP contribution is -2.23. The number of terminal acetylenes is 1. The molecule has 0 aliphatic carbocycles. The fourth-order valence-electron chi connectivity index (χ4n) is 0.863. The maximum atomic E-state index is 11.3. The number of benzene rings is 1. The largest absolute Gasteiger partial charge is 0.341 e. The predicted molar refractivity (Wildman–Crippen MR) is 60.3 cm³/mol. The van der Waals surface area contributed by atoms with Crippen molar-refractivity contribution in [3.05, 3.63) is 33.4 Å². The van der Waals surface area contributed by atoms with E-state index < -0.39 is 0 Å². The lowest BCUT2D eigenvalue weighted by molar-refractivity contribution is 0.0958. The van der Waals surface area contributed by atoms with Crippen LogP contribution in [0.15, 0.2) is 24.3 Å². The van der Waals surface area contributed by atoms with E-state index in [1.54, 1.807) is 6.07 Å². The Balaban J connectivity index is 2.72. The molecule has 13 heavy (non-hydrogen) atoms. The molecule has 0 radical (unpaired) electrons. The Morgan fingerprint density at radius 3 is 3.00 bits per heavy atom. The van der Waals surface area contributed by atoms with Crippen molar-refractivity contribution in [2.45, 2.75) is 0 Å². The third-order valence-corrected chi connectivity index (χ3v) is 2.11. The summed E-state index contributed by atoms with van der Waals surface area (Å²) in [7, 11) is 0. The zero-order valence-electron chi connectivity index (χ0n) is 6.88. The zero-order chi connectivity index (χ0) is 9.68. The highest BCUT2D eigenvalue weighted by Gasteiger charge is 2.02.